The molecule has 0 spiro atoms. The Bertz CT molecular complexity index is 901. The first-order chi connectivity index (χ1) is 12.4. The number of rotatable bonds is 2. The molecular weight excluding hydrogens is 344 g/mol. The normalized spacial score (nSPS) is 24.4. The highest BCUT2D eigenvalue weighted by molar-refractivity contribution is 7.09. The minimum absolute atomic E-state index is 0.108. The van der Waals surface area contributed by atoms with E-state index in [-0.39, 0.29) is 18.1 Å². The van der Waals surface area contributed by atoms with Gasteiger partial charge in [-0.05, 0) is 57.3 Å². The van der Waals surface area contributed by atoms with E-state index in [9.17, 15) is 4.79 Å². The number of allylic oxidation sites excluding steroid dienone is 4. The quantitative estimate of drug-likeness (QED) is 0.866. The number of alkyl carbamates (subject to hydrolysis) is 1. The molecular formula is C21H26N2O2S. The highest BCUT2D eigenvalue weighted by Gasteiger charge is 2.32. The number of nitrogens with zero attached hydrogens (tertiary/aromatic N) is 1. The fraction of sp³-hybridized carbons (Fsp3) is 0.524. The van der Waals surface area contributed by atoms with Crippen LogP contribution in [-0.4, -0.2) is 22.7 Å². The van der Waals surface area contributed by atoms with Crippen LogP contribution in [0.2, 0.25) is 0 Å². The Morgan fingerprint density at radius 2 is 2.12 bits per heavy atom. The lowest BCUT2D eigenvalue weighted by Crippen LogP contribution is -2.43. The van der Waals surface area contributed by atoms with E-state index in [4.69, 9.17) is 9.72 Å². The third kappa shape index (κ3) is 3.50. The summed E-state index contributed by atoms with van der Waals surface area (Å²) in [6.45, 7) is 5.69. The Labute approximate surface area is 158 Å². The second-order valence-corrected chi connectivity index (χ2v) is 9.35. The molecule has 138 valence electrons. The topological polar surface area (TPSA) is 51.2 Å². The van der Waals surface area contributed by atoms with Crippen LogP contribution in [0.5, 0.6) is 0 Å². The average molecular weight is 371 g/mol. The standard InChI is InChI=1S/C21H26N2O2S/c1-21(2,3)25-20(24)22-16-11-7-6-10-15(16)19-23-18-14-9-5-4-8-13(14)12-17(18)26-19/h4-5,8,12,15-16H,6-7,9-11H2,1-3H3,(H,22,24). The van der Waals surface area contributed by atoms with Gasteiger partial charge >= 0.3 is 6.09 Å². The van der Waals surface area contributed by atoms with E-state index < -0.39 is 5.60 Å². The Hall–Kier alpha value is -1.88. The van der Waals surface area contributed by atoms with Gasteiger partial charge in [-0.2, -0.15) is 0 Å². The summed E-state index contributed by atoms with van der Waals surface area (Å²) in [6, 6.07) is 0.108. The minimum atomic E-state index is -0.473. The highest BCUT2D eigenvalue weighted by Crippen LogP contribution is 2.34. The summed E-state index contributed by atoms with van der Waals surface area (Å²) in [5, 5.41) is 5.43. The number of ether oxygens (including phenoxy) is 1. The number of aromatic nitrogens is 1. The molecule has 0 aromatic carbocycles. The third-order valence-electron chi connectivity index (χ3n) is 5.11. The molecule has 2 atom stereocenters. The van der Waals surface area contributed by atoms with Gasteiger partial charge in [0.2, 0.25) is 0 Å². The summed E-state index contributed by atoms with van der Waals surface area (Å²) >= 11 is 1.79. The van der Waals surface area contributed by atoms with Gasteiger partial charge in [0.15, 0.2) is 0 Å². The lowest BCUT2D eigenvalue weighted by atomic mass is 9.85. The number of nitrogens with one attached hydrogen (secondary N) is 1. The molecule has 3 aliphatic carbocycles. The van der Waals surface area contributed by atoms with E-state index in [0.717, 1.165) is 36.0 Å². The van der Waals surface area contributed by atoms with Crippen molar-refractivity contribution in [2.45, 2.75) is 70.4 Å². The zero-order valence-corrected chi connectivity index (χ0v) is 16.5. The zero-order chi connectivity index (χ0) is 18.3. The van der Waals surface area contributed by atoms with Crippen molar-refractivity contribution in [1.29, 1.82) is 0 Å². The molecule has 4 nitrogen and oxygen atoms in total. The number of carbonyl (C=O) groups excluding carboxylic acids is 1. The van der Waals surface area contributed by atoms with Crippen LogP contribution in [0.1, 0.15) is 63.8 Å². The van der Waals surface area contributed by atoms with E-state index in [2.05, 4.69) is 29.6 Å². The molecule has 26 heavy (non-hydrogen) atoms. The smallest absolute Gasteiger partial charge is 0.407 e. The predicted molar refractivity (Wildman–Crippen MR) is 105 cm³/mol. The summed E-state index contributed by atoms with van der Waals surface area (Å²) in [5.41, 5.74) is 2.18. The molecule has 5 heteroatoms. The Morgan fingerprint density at radius 3 is 2.92 bits per heavy atom. The summed E-state index contributed by atoms with van der Waals surface area (Å²) < 4.78 is 6.73. The lowest BCUT2D eigenvalue weighted by molar-refractivity contribution is 0.0485. The maximum Gasteiger partial charge on any atom is 0.407 e. The average Bonchev–Trinajstić information content (AvgIpc) is 3.11. The molecule has 0 radical (unpaired) electrons. The molecule has 1 amide bonds. The van der Waals surface area contributed by atoms with Gasteiger partial charge in [-0.1, -0.05) is 31.1 Å². The van der Waals surface area contributed by atoms with E-state index in [0.29, 0.717) is 0 Å². The summed E-state index contributed by atoms with van der Waals surface area (Å²) in [5.74, 6) is 0.285. The van der Waals surface area contributed by atoms with Crippen molar-refractivity contribution in [2.75, 3.05) is 0 Å². The molecule has 0 saturated heterocycles. The SMILES string of the molecule is CC(C)(C)OC(=O)NC1CCCCC1c1nc2c(s1)=CC1=CC=CCC=21. The van der Waals surface area contributed by atoms with Gasteiger partial charge in [0.05, 0.1) is 14.9 Å². The maximum atomic E-state index is 12.3. The number of carbonyl (C=O) groups is 1. The zero-order valence-electron chi connectivity index (χ0n) is 15.7. The highest BCUT2D eigenvalue weighted by atomic mass is 32.1. The van der Waals surface area contributed by atoms with E-state index in [1.165, 1.54) is 22.1 Å². The predicted octanol–water partition coefficient (Wildman–Crippen LogP) is 3.53. The van der Waals surface area contributed by atoms with Gasteiger partial charge in [-0.25, -0.2) is 9.78 Å². The van der Waals surface area contributed by atoms with E-state index in [1.807, 2.05) is 20.8 Å². The molecule has 0 aliphatic heterocycles. The van der Waals surface area contributed by atoms with Crippen molar-refractivity contribution in [3.63, 3.8) is 0 Å². The molecule has 1 saturated carbocycles. The Morgan fingerprint density at radius 1 is 1.31 bits per heavy atom. The number of thiazole rings is 1. The van der Waals surface area contributed by atoms with Crippen LogP contribution in [0.25, 0.3) is 11.6 Å². The van der Waals surface area contributed by atoms with Crippen molar-refractivity contribution in [2.24, 2.45) is 0 Å². The second kappa shape index (κ2) is 6.69. The molecule has 1 aromatic heterocycles. The summed E-state index contributed by atoms with van der Waals surface area (Å²) in [7, 11) is 0. The van der Waals surface area contributed by atoms with Crippen molar-refractivity contribution in [3.8, 4) is 0 Å². The van der Waals surface area contributed by atoms with Crippen LogP contribution in [0, 0.1) is 0 Å². The first-order valence-corrected chi connectivity index (χ1v) is 10.3. The number of hydrogen-bond donors (Lipinski definition) is 1. The fourth-order valence-electron chi connectivity index (χ4n) is 3.97. The van der Waals surface area contributed by atoms with Gasteiger partial charge in [0.25, 0.3) is 0 Å². The molecule has 1 heterocycles. The Balaban J connectivity index is 1.57. The van der Waals surface area contributed by atoms with Gasteiger partial charge in [0, 0.05) is 12.0 Å². The molecule has 4 rings (SSSR count). The van der Waals surface area contributed by atoms with Crippen LogP contribution in [-0.2, 0) is 4.74 Å². The van der Waals surface area contributed by atoms with Crippen LogP contribution >= 0.6 is 11.3 Å². The number of amides is 1. The molecule has 1 fully saturated rings. The molecule has 3 aliphatic rings. The molecule has 0 bridgehead atoms. The van der Waals surface area contributed by atoms with Crippen molar-refractivity contribution >= 4 is 29.1 Å². The van der Waals surface area contributed by atoms with Gasteiger partial charge < -0.3 is 10.1 Å². The van der Waals surface area contributed by atoms with Gasteiger partial charge in [-0.15, -0.1) is 11.3 Å². The van der Waals surface area contributed by atoms with Crippen molar-refractivity contribution in [3.05, 3.63) is 38.7 Å². The monoisotopic (exact) mass is 370 g/mol. The lowest BCUT2D eigenvalue weighted by Gasteiger charge is -2.31. The van der Waals surface area contributed by atoms with Crippen molar-refractivity contribution in [1.82, 2.24) is 10.3 Å². The van der Waals surface area contributed by atoms with E-state index >= 15 is 0 Å². The first kappa shape index (κ1) is 17.5. The molecule has 2 unspecified atom stereocenters. The first-order valence-electron chi connectivity index (χ1n) is 9.49. The fourth-order valence-corrected chi connectivity index (χ4v) is 5.21. The largest absolute Gasteiger partial charge is 0.444 e. The van der Waals surface area contributed by atoms with Gasteiger partial charge in [-0.3, -0.25) is 0 Å². The minimum Gasteiger partial charge on any atom is -0.444 e. The summed E-state index contributed by atoms with van der Waals surface area (Å²) in [4.78, 5) is 17.3. The van der Waals surface area contributed by atoms with Gasteiger partial charge in [0.1, 0.15) is 5.60 Å². The van der Waals surface area contributed by atoms with Crippen LogP contribution < -0.4 is 15.2 Å². The van der Waals surface area contributed by atoms with Crippen LogP contribution in [0.4, 0.5) is 4.79 Å². The van der Waals surface area contributed by atoms with Crippen LogP contribution in [0.15, 0.2) is 23.8 Å². The Kier molecular flexibility index (Phi) is 4.51. The summed E-state index contributed by atoms with van der Waals surface area (Å²) in [6.07, 6.45) is 13.8. The van der Waals surface area contributed by atoms with Crippen LogP contribution in [0.3, 0.4) is 0 Å². The molecule has 1 aromatic rings. The number of hydrogen-bond acceptors (Lipinski definition) is 4. The van der Waals surface area contributed by atoms with E-state index in [1.54, 1.807) is 11.3 Å². The van der Waals surface area contributed by atoms with Crippen molar-refractivity contribution < 1.29 is 9.53 Å². The second-order valence-electron chi connectivity index (χ2n) is 8.29. The number of fused-ring (bicyclic) bond motifs is 2. The maximum absolute atomic E-state index is 12.3. The third-order valence-corrected chi connectivity index (χ3v) is 6.24. The molecule has 1 N–H and O–H groups in total.